The number of esters is 1. The Labute approximate surface area is 176 Å². The second-order valence-corrected chi connectivity index (χ2v) is 10.0. The van der Waals surface area contributed by atoms with Gasteiger partial charge in [-0.25, -0.2) is 0 Å². The van der Waals surface area contributed by atoms with Gasteiger partial charge in [-0.1, -0.05) is 25.5 Å². The molecule has 3 saturated carbocycles. The molecule has 0 unspecified atom stereocenters. The molecule has 1 N–H and O–H groups in total. The number of aliphatic hydroxyl groups excluding tert-OH is 1. The van der Waals surface area contributed by atoms with Crippen molar-refractivity contribution >= 4 is 23.3 Å². The zero-order valence-electron chi connectivity index (χ0n) is 17.9. The number of rotatable bonds is 4. The molecule has 0 aromatic rings. The van der Waals surface area contributed by atoms with Crippen LogP contribution in [0.5, 0.6) is 0 Å². The topological polar surface area (TPSA) is 97.7 Å². The number of carbonyl (C=O) groups excluding carboxylic acids is 4. The minimum absolute atomic E-state index is 0.0229. The van der Waals surface area contributed by atoms with Gasteiger partial charge < -0.3 is 9.84 Å². The van der Waals surface area contributed by atoms with E-state index in [1.165, 1.54) is 6.92 Å². The zero-order valence-corrected chi connectivity index (χ0v) is 17.9. The van der Waals surface area contributed by atoms with Gasteiger partial charge in [-0.3, -0.25) is 19.2 Å². The van der Waals surface area contributed by atoms with Crippen molar-refractivity contribution in [3.63, 3.8) is 0 Å². The van der Waals surface area contributed by atoms with Gasteiger partial charge in [0, 0.05) is 24.7 Å². The van der Waals surface area contributed by atoms with Crippen LogP contribution in [-0.2, 0) is 23.9 Å². The number of fused-ring (bicyclic) bond motifs is 5. The first kappa shape index (κ1) is 21.2. The van der Waals surface area contributed by atoms with Crippen LogP contribution in [0.3, 0.4) is 0 Å². The van der Waals surface area contributed by atoms with Crippen molar-refractivity contribution < 1.29 is 29.0 Å². The molecule has 30 heavy (non-hydrogen) atoms. The Morgan fingerprint density at radius 1 is 1.23 bits per heavy atom. The standard InChI is InChI=1S/C24H30O6/c1-14(26)30-12-20(29)24(13-25)9-7-18-17-5-4-15-10-16(27)6-8-22(15,2)21(17)19(28)11-23(18,24)3/h6,8,10,17-18,21,25H,4-5,7,9,11-13H2,1-3H3/t17-,18-,21+,22-,23-,24-/m0/s1. The SMILES string of the molecule is CC(=O)OCC(=O)[C@@]1(CO)CC[C@H]2[C@@H]3CCC4=CC(=O)C=C[C@]4(C)[C@H]3C(=O)C[C@@]21C. The van der Waals surface area contributed by atoms with E-state index in [0.29, 0.717) is 6.42 Å². The van der Waals surface area contributed by atoms with Gasteiger partial charge in [-0.15, -0.1) is 0 Å². The maximum absolute atomic E-state index is 13.6. The molecule has 0 spiro atoms. The molecule has 6 heteroatoms. The lowest BCUT2D eigenvalue weighted by molar-refractivity contribution is -0.163. The highest BCUT2D eigenvalue weighted by Crippen LogP contribution is 2.68. The number of hydrogen-bond donors (Lipinski definition) is 1. The third-order valence-corrected chi connectivity index (χ3v) is 8.83. The third-order valence-electron chi connectivity index (χ3n) is 8.83. The summed E-state index contributed by atoms with van der Waals surface area (Å²) in [5, 5.41) is 10.4. The highest BCUT2D eigenvalue weighted by atomic mass is 16.5. The maximum Gasteiger partial charge on any atom is 0.303 e. The molecular weight excluding hydrogens is 384 g/mol. The van der Waals surface area contributed by atoms with E-state index in [1.54, 1.807) is 12.2 Å². The average molecular weight is 414 g/mol. The molecule has 6 nitrogen and oxygen atoms in total. The minimum Gasteiger partial charge on any atom is -0.458 e. The van der Waals surface area contributed by atoms with Gasteiger partial charge in [0.25, 0.3) is 0 Å². The lowest BCUT2D eigenvalue weighted by Gasteiger charge is -2.57. The maximum atomic E-state index is 13.6. The Balaban J connectivity index is 1.70. The van der Waals surface area contributed by atoms with Crippen molar-refractivity contribution in [3.8, 4) is 0 Å². The monoisotopic (exact) mass is 414 g/mol. The quantitative estimate of drug-likeness (QED) is 0.710. The smallest absolute Gasteiger partial charge is 0.303 e. The van der Waals surface area contributed by atoms with Gasteiger partial charge in [-0.05, 0) is 55.1 Å². The van der Waals surface area contributed by atoms with Crippen molar-refractivity contribution in [1.82, 2.24) is 0 Å². The molecule has 0 aliphatic heterocycles. The molecule has 0 aromatic carbocycles. The van der Waals surface area contributed by atoms with Gasteiger partial charge in [0.2, 0.25) is 0 Å². The predicted molar refractivity (Wildman–Crippen MR) is 108 cm³/mol. The van der Waals surface area contributed by atoms with Crippen LogP contribution in [-0.4, -0.2) is 41.6 Å². The van der Waals surface area contributed by atoms with Crippen molar-refractivity contribution in [1.29, 1.82) is 0 Å². The van der Waals surface area contributed by atoms with Crippen molar-refractivity contribution in [2.75, 3.05) is 13.2 Å². The van der Waals surface area contributed by atoms with Crippen LogP contribution in [0.4, 0.5) is 0 Å². The van der Waals surface area contributed by atoms with Gasteiger partial charge in [0.15, 0.2) is 18.2 Å². The molecule has 6 atom stereocenters. The molecule has 0 aromatic heterocycles. The van der Waals surface area contributed by atoms with Crippen LogP contribution < -0.4 is 0 Å². The minimum atomic E-state index is -1.07. The highest BCUT2D eigenvalue weighted by Gasteiger charge is 2.68. The Kier molecular flexibility index (Phi) is 4.92. The van der Waals surface area contributed by atoms with E-state index >= 15 is 0 Å². The summed E-state index contributed by atoms with van der Waals surface area (Å²) in [6.07, 6.45) is 8.21. The van der Waals surface area contributed by atoms with E-state index in [4.69, 9.17) is 4.74 Å². The van der Waals surface area contributed by atoms with Gasteiger partial charge >= 0.3 is 5.97 Å². The number of Topliss-reactive ketones (excluding diaryl/α,β-unsaturated/α-hetero) is 2. The lowest BCUT2D eigenvalue weighted by atomic mass is 9.45. The second kappa shape index (κ2) is 6.98. The summed E-state index contributed by atoms with van der Waals surface area (Å²) in [6, 6.07) is 0. The summed E-state index contributed by atoms with van der Waals surface area (Å²) in [6.45, 7) is 4.56. The molecule has 162 valence electrons. The Morgan fingerprint density at radius 3 is 2.63 bits per heavy atom. The van der Waals surface area contributed by atoms with Gasteiger partial charge in [-0.2, -0.15) is 0 Å². The summed E-state index contributed by atoms with van der Waals surface area (Å²) in [5.74, 6) is -0.727. The van der Waals surface area contributed by atoms with E-state index in [2.05, 4.69) is 6.92 Å². The van der Waals surface area contributed by atoms with Crippen molar-refractivity contribution in [2.24, 2.45) is 34.0 Å². The van der Waals surface area contributed by atoms with E-state index in [0.717, 1.165) is 24.8 Å². The number of ketones is 3. The Bertz CT molecular complexity index is 884. The molecule has 0 saturated heterocycles. The number of ether oxygens (including phenoxy) is 1. The molecule has 3 fully saturated rings. The summed E-state index contributed by atoms with van der Waals surface area (Å²) in [5.41, 5.74) is -1.15. The zero-order chi connectivity index (χ0) is 21.9. The molecule has 0 heterocycles. The molecule has 0 radical (unpaired) electrons. The first-order chi connectivity index (χ1) is 14.1. The normalized spacial score (nSPS) is 42.1. The lowest BCUT2D eigenvalue weighted by Crippen LogP contribution is -2.58. The second-order valence-electron chi connectivity index (χ2n) is 10.0. The fraction of sp³-hybridized carbons (Fsp3) is 0.667. The van der Waals surface area contributed by atoms with Crippen LogP contribution in [0.1, 0.15) is 52.9 Å². The van der Waals surface area contributed by atoms with E-state index in [1.807, 2.05) is 13.0 Å². The Hall–Kier alpha value is -2.08. The summed E-state index contributed by atoms with van der Waals surface area (Å²) >= 11 is 0. The molecule has 4 rings (SSSR count). The van der Waals surface area contributed by atoms with Crippen LogP contribution in [0.25, 0.3) is 0 Å². The van der Waals surface area contributed by atoms with Crippen LogP contribution >= 0.6 is 0 Å². The largest absolute Gasteiger partial charge is 0.458 e. The van der Waals surface area contributed by atoms with Crippen molar-refractivity contribution in [2.45, 2.75) is 52.9 Å². The van der Waals surface area contributed by atoms with E-state index in [-0.39, 0.29) is 54.7 Å². The number of aliphatic hydroxyl groups is 1. The van der Waals surface area contributed by atoms with Gasteiger partial charge in [0.05, 0.1) is 12.0 Å². The van der Waals surface area contributed by atoms with E-state index in [9.17, 15) is 24.3 Å². The van der Waals surface area contributed by atoms with Gasteiger partial charge in [0.1, 0.15) is 5.78 Å². The third kappa shape index (κ3) is 2.72. The van der Waals surface area contributed by atoms with Crippen LogP contribution in [0, 0.1) is 34.0 Å². The number of allylic oxidation sites excluding steroid dienone is 4. The molecule has 4 aliphatic rings. The fourth-order valence-corrected chi connectivity index (χ4v) is 7.25. The number of hydrogen-bond acceptors (Lipinski definition) is 6. The van der Waals surface area contributed by atoms with Crippen molar-refractivity contribution in [3.05, 3.63) is 23.8 Å². The summed E-state index contributed by atoms with van der Waals surface area (Å²) in [7, 11) is 0. The first-order valence-corrected chi connectivity index (χ1v) is 10.8. The molecule has 4 aliphatic carbocycles. The first-order valence-electron chi connectivity index (χ1n) is 10.8. The average Bonchev–Trinajstić information content (AvgIpc) is 2.99. The molecule has 0 bridgehead atoms. The predicted octanol–water partition coefficient (Wildman–Crippen LogP) is 2.58. The summed E-state index contributed by atoms with van der Waals surface area (Å²) in [4.78, 5) is 49.9. The van der Waals surface area contributed by atoms with Crippen LogP contribution in [0.15, 0.2) is 23.8 Å². The Morgan fingerprint density at radius 2 is 1.97 bits per heavy atom. The molecular formula is C24H30O6. The van der Waals surface area contributed by atoms with E-state index < -0.39 is 22.2 Å². The fourth-order valence-electron chi connectivity index (χ4n) is 7.25. The molecule has 0 amide bonds. The van der Waals surface area contributed by atoms with Crippen LogP contribution in [0.2, 0.25) is 0 Å². The number of carbonyl (C=O) groups is 4. The summed E-state index contributed by atoms with van der Waals surface area (Å²) < 4.78 is 4.96. The highest BCUT2D eigenvalue weighted by molar-refractivity contribution is 6.02.